The van der Waals surface area contributed by atoms with Crippen molar-refractivity contribution in [1.29, 1.82) is 0 Å². The van der Waals surface area contributed by atoms with E-state index >= 15 is 0 Å². The summed E-state index contributed by atoms with van der Waals surface area (Å²) in [5, 5.41) is 12.8. The van der Waals surface area contributed by atoms with Gasteiger partial charge in [0, 0.05) is 22.6 Å². The quantitative estimate of drug-likeness (QED) is 0.668. The number of anilines is 1. The molecular formula is C20H20N4OS. The molecule has 132 valence electrons. The third kappa shape index (κ3) is 3.37. The van der Waals surface area contributed by atoms with Gasteiger partial charge in [0.2, 0.25) is 11.0 Å². The van der Waals surface area contributed by atoms with E-state index in [0.717, 1.165) is 29.0 Å². The number of thioether (sulfide) groups is 1. The van der Waals surface area contributed by atoms with Crippen molar-refractivity contribution in [2.24, 2.45) is 0 Å². The van der Waals surface area contributed by atoms with Crippen molar-refractivity contribution in [2.75, 3.05) is 11.1 Å². The monoisotopic (exact) mass is 364 g/mol. The Labute approximate surface area is 157 Å². The van der Waals surface area contributed by atoms with E-state index in [1.807, 2.05) is 24.3 Å². The van der Waals surface area contributed by atoms with Crippen LogP contribution in [0, 0.1) is 6.92 Å². The summed E-state index contributed by atoms with van der Waals surface area (Å²) in [7, 11) is 0. The molecular weight excluding hydrogens is 344 g/mol. The maximum absolute atomic E-state index is 6.25. The Morgan fingerprint density at radius 2 is 1.88 bits per heavy atom. The molecule has 1 aromatic heterocycles. The highest BCUT2D eigenvalue weighted by Gasteiger charge is 2.25. The molecule has 1 aliphatic heterocycles. The van der Waals surface area contributed by atoms with Crippen LogP contribution in [0.3, 0.4) is 0 Å². The van der Waals surface area contributed by atoms with Gasteiger partial charge in [-0.25, -0.2) is 0 Å². The molecule has 6 heteroatoms. The SMILES string of the molecule is CCCSc1nnc2c(n1)O[C@@H](c1ccc(C)cc1)Nc1ccccc1-2. The summed E-state index contributed by atoms with van der Waals surface area (Å²) in [4.78, 5) is 4.63. The summed E-state index contributed by atoms with van der Waals surface area (Å²) < 4.78 is 6.25. The lowest BCUT2D eigenvalue weighted by Gasteiger charge is -2.19. The highest BCUT2D eigenvalue weighted by molar-refractivity contribution is 7.99. The van der Waals surface area contributed by atoms with Crippen LogP contribution in [0.4, 0.5) is 5.69 Å². The number of fused-ring (bicyclic) bond motifs is 3. The van der Waals surface area contributed by atoms with Gasteiger partial charge in [-0.3, -0.25) is 0 Å². The first-order valence-corrected chi connectivity index (χ1v) is 9.70. The molecule has 0 amide bonds. The van der Waals surface area contributed by atoms with E-state index < -0.39 is 0 Å². The van der Waals surface area contributed by atoms with E-state index in [1.54, 1.807) is 11.8 Å². The Bertz CT molecular complexity index is 914. The molecule has 0 bridgehead atoms. The fourth-order valence-corrected chi connectivity index (χ4v) is 3.43. The number of aryl methyl sites for hydroxylation is 1. The summed E-state index contributed by atoms with van der Waals surface area (Å²) in [5.74, 6) is 1.47. The first-order valence-electron chi connectivity index (χ1n) is 8.71. The van der Waals surface area contributed by atoms with Crippen LogP contribution in [-0.4, -0.2) is 20.9 Å². The van der Waals surface area contributed by atoms with Crippen molar-refractivity contribution in [1.82, 2.24) is 15.2 Å². The van der Waals surface area contributed by atoms with Crippen LogP contribution in [0.1, 0.15) is 30.7 Å². The van der Waals surface area contributed by atoms with E-state index in [9.17, 15) is 0 Å². The minimum atomic E-state index is -0.335. The van der Waals surface area contributed by atoms with Gasteiger partial charge < -0.3 is 10.1 Å². The average Bonchev–Trinajstić information content (AvgIpc) is 2.83. The van der Waals surface area contributed by atoms with Crippen molar-refractivity contribution in [3.63, 3.8) is 0 Å². The highest BCUT2D eigenvalue weighted by Crippen LogP contribution is 2.39. The normalized spacial score (nSPS) is 15.2. The minimum Gasteiger partial charge on any atom is -0.448 e. The lowest BCUT2D eigenvalue weighted by molar-refractivity contribution is 0.225. The molecule has 0 unspecified atom stereocenters. The molecule has 1 atom stereocenters. The lowest BCUT2D eigenvalue weighted by atomic mass is 10.1. The van der Waals surface area contributed by atoms with Gasteiger partial charge in [0.05, 0.1) is 0 Å². The third-order valence-electron chi connectivity index (χ3n) is 4.15. The standard InChI is InChI=1S/C20H20N4OS/c1-3-12-26-20-22-19-17(23-24-20)15-6-4-5-7-16(15)21-18(25-19)14-10-8-13(2)9-11-14/h4-11,18,21H,3,12H2,1-2H3/t18-/m0/s1. The zero-order valence-corrected chi connectivity index (χ0v) is 15.6. The fraction of sp³-hybridized carbons (Fsp3) is 0.250. The van der Waals surface area contributed by atoms with Crippen LogP contribution in [0.2, 0.25) is 0 Å². The van der Waals surface area contributed by atoms with Crippen LogP contribution in [0.5, 0.6) is 5.88 Å². The van der Waals surface area contributed by atoms with Gasteiger partial charge in [-0.15, -0.1) is 10.2 Å². The first kappa shape index (κ1) is 16.8. The number of benzene rings is 2. The highest BCUT2D eigenvalue weighted by atomic mass is 32.2. The second-order valence-corrected chi connectivity index (χ2v) is 7.26. The average molecular weight is 364 g/mol. The Kier molecular flexibility index (Phi) is 4.75. The van der Waals surface area contributed by atoms with Crippen molar-refractivity contribution in [2.45, 2.75) is 31.7 Å². The number of para-hydroxylation sites is 1. The Morgan fingerprint density at radius 1 is 1.08 bits per heavy atom. The Morgan fingerprint density at radius 3 is 2.69 bits per heavy atom. The fourth-order valence-electron chi connectivity index (χ4n) is 2.79. The summed E-state index contributed by atoms with van der Waals surface area (Å²) in [6.45, 7) is 4.21. The molecule has 1 aliphatic rings. The lowest BCUT2D eigenvalue weighted by Crippen LogP contribution is -2.17. The number of aromatic nitrogens is 3. The molecule has 0 saturated heterocycles. The summed E-state index contributed by atoms with van der Waals surface area (Å²) in [5.41, 5.74) is 4.83. The first-order chi connectivity index (χ1) is 12.7. The number of ether oxygens (including phenoxy) is 1. The Balaban J connectivity index is 1.78. The second-order valence-electron chi connectivity index (χ2n) is 6.20. The van der Waals surface area contributed by atoms with Crippen molar-refractivity contribution in [3.8, 4) is 17.1 Å². The number of hydrogen-bond acceptors (Lipinski definition) is 6. The van der Waals surface area contributed by atoms with Crippen molar-refractivity contribution >= 4 is 17.4 Å². The van der Waals surface area contributed by atoms with Gasteiger partial charge in [-0.1, -0.05) is 66.7 Å². The van der Waals surface area contributed by atoms with E-state index in [0.29, 0.717) is 16.7 Å². The van der Waals surface area contributed by atoms with Crippen LogP contribution in [0.25, 0.3) is 11.3 Å². The molecule has 3 aromatic rings. The molecule has 26 heavy (non-hydrogen) atoms. The maximum atomic E-state index is 6.25. The topological polar surface area (TPSA) is 59.9 Å². The van der Waals surface area contributed by atoms with Crippen LogP contribution in [-0.2, 0) is 0 Å². The summed E-state index contributed by atoms with van der Waals surface area (Å²) >= 11 is 1.60. The molecule has 0 spiro atoms. The Hall–Kier alpha value is -2.60. The molecule has 4 rings (SSSR count). The predicted molar refractivity (Wildman–Crippen MR) is 104 cm³/mol. The molecule has 0 aliphatic carbocycles. The number of hydrogen-bond donors (Lipinski definition) is 1. The van der Waals surface area contributed by atoms with Crippen LogP contribution in [0.15, 0.2) is 53.7 Å². The van der Waals surface area contributed by atoms with Crippen molar-refractivity contribution in [3.05, 3.63) is 59.7 Å². The van der Waals surface area contributed by atoms with E-state index in [-0.39, 0.29) is 6.23 Å². The van der Waals surface area contributed by atoms with Gasteiger partial charge >= 0.3 is 0 Å². The zero-order valence-electron chi connectivity index (χ0n) is 14.8. The van der Waals surface area contributed by atoms with E-state index in [2.05, 4.69) is 58.6 Å². The van der Waals surface area contributed by atoms with Gasteiger partial charge in [-0.05, 0) is 19.4 Å². The molecule has 5 nitrogen and oxygen atoms in total. The minimum absolute atomic E-state index is 0.335. The molecule has 0 fully saturated rings. The number of nitrogens with one attached hydrogen (secondary N) is 1. The van der Waals surface area contributed by atoms with Gasteiger partial charge in [0.1, 0.15) is 0 Å². The van der Waals surface area contributed by atoms with Crippen LogP contribution >= 0.6 is 11.8 Å². The van der Waals surface area contributed by atoms with E-state index in [1.165, 1.54) is 5.56 Å². The predicted octanol–water partition coefficient (Wildman–Crippen LogP) is 4.85. The molecule has 2 heterocycles. The molecule has 0 radical (unpaired) electrons. The number of rotatable bonds is 4. The van der Waals surface area contributed by atoms with E-state index in [4.69, 9.17) is 4.74 Å². The van der Waals surface area contributed by atoms with Gasteiger partial charge in [0.15, 0.2) is 11.9 Å². The largest absolute Gasteiger partial charge is 0.448 e. The number of nitrogens with zero attached hydrogens (tertiary/aromatic N) is 3. The van der Waals surface area contributed by atoms with Crippen LogP contribution < -0.4 is 10.1 Å². The second kappa shape index (κ2) is 7.33. The zero-order chi connectivity index (χ0) is 17.9. The summed E-state index contributed by atoms with van der Waals surface area (Å²) in [6, 6.07) is 16.3. The molecule has 1 N–H and O–H groups in total. The van der Waals surface area contributed by atoms with Gasteiger partial charge in [0.25, 0.3) is 0 Å². The summed E-state index contributed by atoms with van der Waals surface area (Å²) in [6.07, 6.45) is 0.723. The maximum Gasteiger partial charge on any atom is 0.247 e. The van der Waals surface area contributed by atoms with Gasteiger partial charge in [-0.2, -0.15) is 4.98 Å². The van der Waals surface area contributed by atoms with Crippen molar-refractivity contribution < 1.29 is 4.74 Å². The third-order valence-corrected chi connectivity index (χ3v) is 5.19. The smallest absolute Gasteiger partial charge is 0.247 e. The molecule has 0 saturated carbocycles. The molecule has 2 aromatic carbocycles.